The minimum atomic E-state index is -2.43. The van der Waals surface area contributed by atoms with Crippen molar-refractivity contribution in [3.63, 3.8) is 0 Å². The third kappa shape index (κ3) is 1.63. The number of aromatic hydroxyl groups is 1. The second kappa shape index (κ2) is 4.34. The molecule has 1 heterocycles. The van der Waals surface area contributed by atoms with Crippen LogP contribution in [0.1, 0.15) is 11.3 Å². The number of phenols is 1. The molecule has 1 atom stereocenters. The number of ether oxygens (including phenoxy) is 1. The smallest absolute Gasteiger partial charge is 0.348 e. The molecule has 2 N–H and O–H groups in total. The second-order valence-corrected chi connectivity index (χ2v) is 4.92. The van der Waals surface area contributed by atoms with E-state index in [0.29, 0.717) is 0 Å². The molecule has 6 nitrogen and oxygen atoms in total. The van der Waals surface area contributed by atoms with Gasteiger partial charge in [-0.05, 0) is 18.2 Å². The average molecular weight is 309 g/mol. The SMILES string of the molecule is COC(=O)[C@@]1(O)C(Cl)=Cc2oc3cccc(O)c3c(=O)c21. The van der Waals surface area contributed by atoms with E-state index in [9.17, 15) is 19.8 Å². The summed E-state index contributed by atoms with van der Waals surface area (Å²) in [5.41, 5.74) is -3.42. The fourth-order valence-corrected chi connectivity index (χ4v) is 2.64. The van der Waals surface area contributed by atoms with E-state index in [-0.39, 0.29) is 33.1 Å². The molecule has 0 amide bonds. The highest BCUT2D eigenvalue weighted by molar-refractivity contribution is 6.35. The highest BCUT2D eigenvalue weighted by Gasteiger charge is 2.51. The molecule has 2 aromatic rings. The van der Waals surface area contributed by atoms with Gasteiger partial charge in [-0.15, -0.1) is 0 Å². The molecule has 0 spiro atoms. The summed E-state index contributed by atoms with van der Waals surface area (Å²) in [6.45, 7) is 0. The lowest BCUT2D eigenvalue weighted by Crippen LogP contribution is -2.39. The molecule has 1 aromatic carbocycles. The molecule has 21 heavy (non-hydrogen) atoms. The Kier molecular flexibility index (Phi) is 2.82. The number of carbonyl (C=O) groups excluding carboxylic acids is 1. The topological polar surface area (TPSA) is 97.0 Å². The predicted octanol–water partition coefficient (Wildman–Crippen LogP) is 1.45. The Morgan fingerprint density at radius 3 is 2.81 bits per heavy atom. The lowest BCUT2D eigenvalue weighted by molar-refractivity contribution is -0.158. The fraction of sp³-hybridized carbons (Fsp3) is 0.143. The maximum atomic E-state index is 12.5. The van der Waals surface area contributed by atoms with Gasteiger partial charge < -0.3 is 19.4 Å². The molecule has 0 saturated carbocycles. The Labute approximate surface area is 122 Å². The van der Waals surface area contributed by atoms with Crippen LogP contribution in [0, 0.1) is 0 Å². The van der Waals surface area contributed by atoms with Crippen molar-refractivity contribution in [1.29, 1.82) is 0 Å². The zero-order chi connectivity index (χ0) is 15.4. The van der Waals surface area contributed by atoms with Crippen molar-refractivity contribution in [3.8, 4) is 5.75 Å². The zero-order valence-corrected chi connectivity index (χ0v) is 11.5. The van der Waals surface area contributed by atoms with Crippen molar-refractivity contribution < 1.29 is 24.2 Å². The Balaban J connectivity index is 2.45. The predicted molar refractivity (Wildman–Crippen MR) is 73.9 cm³/mol. The van der Waals surface area contributed by atoms with Crippen molar-refractivity contribution in [2.75, 3.05) is 7.11 Å². The summed E-state index contributed by atoms with van der Waals surface area (Å²) in [6, 6.07) is 4.28. The van der Waals surface area contributed by atoms with Gasteiger partial charge in [0.1, 0.15) is 22.5 Å². The number of methoxy groups -OCH3 is 1. The van der Waals surface area contributed by atoms with Crippen LogP contribution in [0.4, 0.5) is 0 Å². The average Bonchev–Trinajstić information content (AvgIpc) is 2.70. The molecule has 1 aromatic heterocycles. The van der Waals surface area contributed by atoms with E-state index in [0.717, 1.165) is 7.11 Å². The number of esters is 1. The van der Waals surface area contributed by atoms with E-state index in [2.05, 4.69) is 4.74 Å². The van der Waals surface area contributed by atoms with Crippen molar-refractivity contribution >= 4 is 34.6 Å². The number of halogens is 1. The molecule has 108 valence electrons. The van der Waals surface area contributed by atoms with Gasteiger partial charge in [-0.3, -0.25) is 4.79 Å². The summed E-state index contributed by atoms with van der Waals surface area (Å²) >= 11 is 5.89. The number of aliphatic hydroxyl groups is 1. The zero-order valence-electron chi connectivity index (χ0n) is 10.7. The van der Waals surface area contributed by atoms with Crippen LogP contribution in [0.15, 0.2) is 32.4 Å². The molecule has 0 saturated heterocycles. The maximum absolute atomic E-state index is 12.5. The van der Waals surface area contributed by atoms with Crippen molar-refractivity contribution in [1.82, 2.24) is 0 Å². The van der Waals surface area contributed by atoms with Crippen LogP contribution in [0.3, 0.4) is 0 Å². The highest BCUT2D eigenvalue weighted by Crippen LogP contribution is 2.42. The minimum Gasteiger partial charge on any atom is -0.507 e. The monoisotopic (exact) mass is 308 g/mol. The molecule has 0 unspecified atom stereocenters. The number of fused-ring (bicyclic) bond motifs is 2. The highest BCUT2D eigenvalue weighted by atomic mass is 35.5. The van der Waals surface area contributed by atoms with Gasteiger partial charge >= 0.3 is 5.97 Å². The standard InChI is InChI=1S/C14H9ClO6/c1-20-13(18)14(19)9(15)5-8-11(14)12(17)10-6(16)3-2-4-7(10)21-8/h2-5,16,19H,1H3/t14-/m1/s1. The summed E-state index contributed by atoms with van der Waals surface area (Å²) in [5.74, 6) is -1.47. The summed E-state index contributed by atoms with van der Waals surface area (Å²) in [7, 11) is 1.06. The number of hydrogen-bond acceptors (Lipinski definition) is 6. The van der Waals surface area contributed by atoms with Crippen LogP contribution in [-0.4, -0.2) is 23.3 Å². The number of benzene rings is 1. The van der Waals surface area contributed by atoms with E-state index in [1.165, 1.54) is 24.3 Å². The Morgan fingerprint density at radius 1 is 1.43 bits per heavy atom. The van der Waals surface area contributed by atoms with Crippen LogP contribution < -0.4 is 5.43 Å². The summed E-state index contributed by atoms with van der Waals surface area (Å²) in [5, 5.41) is 19.9. The first-order valence-electron chi connectivity index (χ1n) is 5.89. The Bertz CT molecular complexity index is 866. The van der Waals surface area contributed by atoms with Crippen LogP contribution in [0.5, 0.6) is 5.75 Å². The first-order chi connectivity index (χ1) is 9.91. The van der Waals surface area contributed by atoms with E-state index in [1.807, 2.05) is 0 Å². The van der Waals surface area contributed by atoms with E-state index in [4.69, 9.17) is 16.0 Å². The molecule has 0 radical (unpaired) electrons. The molecule has 0 fully saturated rings. The third-order valence-electron chi connectivity index (χ3n) is 3.37. The van der Waals surface area contributed by atoms with Crippen LogP contribution in [0.25, 0.3) is 17.0 Å². The lowest BCUT2D eigenvalue weighted by Gasteiger charge is -2.20. The van der Waals surface area contributed by atoms with Gasteiger partial charge in [-0.25, -0.2) is 4.79 Å². The fourth-order valence-electron chi connectivity index (χ4n) is 2.37. The normalized spacial score (nSPS) is 20.2. The molecular formula is C14H9ClO6. The molecule has 7 heteroatoms. The second-order valence-electron chi connectivity index (χ2n) is 4.51. The summed E-state index contributed by atoms with van der Waals surface area (Å²) in [6.07, 6.45) is 1.18. The number of rotatable bonds is 1. The summed E-state index contributed by atoms with van der Waals surface area (Å²) < 4.78 is 9.94. The van der Waals surface area contributed by atoms with E-state index >= 15 is 0 Å². The lowest BCUT2D eigenvalue weighted by atomic mass is 9.96. The maximum Gasteiger partial charge on any atom is 0.348 e. The quantitative estimate of drug-likeness (QED) is 0.774. The molecule has 3 rings (SSSR count). The van der Waals surface area contributed by atoms with Gasteiger partial charge in [-0.1, -0.05) is 17.7 Å². The first kappa shape index (κ1) is 13.7. The molecule has 1 aliphatic carbocycles. The van der Waals surface area contributed by atoms with E-state index in [1.54, 1.807) is 0 Å². The number of phenolic OH excluding ortho intramolecular Hbond substituents is 1. The third-order valence-corrected chi connectivity index (χ3v) is 3.75. The Morgan fingerprint density at radius 2 is 2.14 bits per heavy atom. The molecule has 0 aliphatic heterocycles. The van der Waals surface area contributed by atoms with Crippen molar-refractivity contribution in [3.05, 3.63) is 44.8 Å². The summed E-state index contributed by atoms with van der Waals surface area (Å²) in [4.78, 5) is 24.4. The molecule has 0 bridgehead atoms. The van der Waals surface area contributed by atoms with Gasteiger partial charge in [0.25, 0.3) is 0 Å². The largest absolute Gasteiger partial charge is 0.507 e. The number of hydrogen-bond donors (Lipinski definition) is 2. The Hall–Kier alpha value is -2.31. The number of carbonyl (C=O) groups is 1. The van der Waals surface area contributed by atoms with Crippen molar-refractivity contribution in [2.24, 2.45) is 0 Å². The molecular weight excluding hydrogens is 300 g/mol. The van der Waals surface area contributed by atoms with Gasteiger partial charge in [0, 0.05) is 0 Å². The van der Waals surface area contributed by atoms with Gasteiger partial charge in [0.2, 0.25) is 11.0 Å². The van der Waals surface area contributed by atoms with Crippen LogP contribution >= 0.6 is 11.6 Å². The minimum absolute atomic E-state index is 0.0454. The van der Waals surface area contributed by atoms with Crippen LogP contribution in [-0.2, 0) is 15.1 Å². The van der Waals surface area contributed by atoms with Gasteiger partial charge in [0.05, 0.1) is 17.7 Å². The van der Waals surface area contributed by atoms with Crippen LogP contribution in [0.2, 0.25) is 0 Å². The first-order valence-corrected chi connectivity index (χ1v) is 6.26. The van der Waals surface area contributed by atoms with Crippen molar-refractivity contribution in [2.45, 2.75) is 5.60 Å². The van der Waals surface area contributed by atoms with E-state index < -0.39 is 17.0 Å². The van der Waals surface area contributed by atoms with Gasteiger partial charge in [0.15, 0.2) is 0 Å². The van der Waals surface area contributed by atoms with Gasteiger partial charge in [-0.2, -0.15) is 0 Å². The molecule has 1 aliphatic rings.